The standard InChI is InChI=1S/C9H11FN2O2/c1-2-7(11)9-6(10)4-3-5-8(9)12(13)14/h3-5,7H,2,11H2,1H3. The number of nitro groups is 1. The lowest BCUT2D eigenvalue weighted by Gasteiger charge is -2.10. The number of halogens is 1. The van der Waals surface area contributed by atoms with Gasteiger partial charge in [-0.25, -0.2) is 4.39 Å². The molecule has 1 unspecified atom stereocenters. The van der Waals surface area contributed by atoms with E-state index >= 15 is 0 Å². The van der Waals surface area contributed by atoms with Crippen LogP contribution < -0.4 is 5.73 Å². The summed E-state index contributed by atoms with van der Waals surface area (Å²) >= 11 is 0. The van der Waals surface area contributed by atoms with E-state index in [-0.39, 0.29) is 11.3 Å². The Labute approximate surface area is 80.7 Å². The minimum atomic E-state index is -0.628. The number of hydrogen-bond donors (Lipinski definition) is 1. The highest BCUT2D eigenvalue weighted by atomic mass is 19.1. The number of rotatable bonds is 3. The Morgan fingerprint density at radius 2 is 2.29 bits per heavy atom. The zero-order chi connectivity index (χ0) is 10.7. The average molecular weight is 198 g/mol. The van der Waals surface area contributed by atoms with Crippen molar-refractivity contribution in [2.24, 2.45) is 5.73 Å². The van der Waals surface area contributed by atoms with Crippen LogP contribution in [0.2, 0.25) is 0 Å². The lowest BCUT2D eigenvalue weighted by atomic mass is 10.0. The molecule has 0 aliphatic heterocycles. The molecule has 0 aromatic heterocycles. The first-order chi connectivity index (χ1) is 6.57. The van der Waals surface area contributed by atoms with E-state index < -0.39 is 16.8 Å². The quantitative estimate of drug-likeness (QED) is 0.597. The maximum Gasteiger partial charge on any atom is 0.277 e. The number of nitrogens with zero attached hydrogens (tertiary/aromatic N) is 1. The highest BCUT2D eigenvalue weighted by molar-refractivity contribution is 5.42. The molecule has 14 heavy (non-hydrogen) atoms. The Bertz CT molecular complexity index is 355. The zero-order valence-electron chi connectivity index (χ0n) is 7.74. The van der Waals surface area contributed by atoms with Crippen LogP contribution in [0.1, 0.15) is 24.9 Å². The van der Waals surface area contributed by atoms with E-state index in [9.17, 15) is 14.5 Å². The predicted octanol–water partition coefficient (Wildman–Crippen LogP) is 2.14. The minimum absolute atomic E-state index is 0.0139. The Morgan fingerprint density at radius 3 is 2.79 bits per heavy atom. The number of nitrogens with two attached hydrogens (primary N) is 1. The third kappa shape index (κ3) is 1.88. The fourth-order valence-electron chi connectivity index (χ4n) is 1.26. The number of hydrogen-bond acceptors (Lipinski definition) is 3. The number of nitro benzene ring substituents is 1. The van der Waals surface area contributed by atoms with E-state index in [1.54, 1.807) is 6.92 Å². The average Bonchev–Trinajstić information content (AvgIpc) is 2.16. The van der Waals surface area contributed by atoms with Crippen molar-refractivity contribution in [3.05, 3.63) is 39.7 Å². The van der Waals surface area contributed by atoms with Crippen LogP contribution in [-0.2, 0) is 0 Å². The molecular formula is C9H11FN2O2. The molecule has 0 amide bonds. The first-order valence-corrected chi connectivity index (χ1v) is 4.26. The summed E-state index contributed by atoms with van der Waals surface area (Å²) in [5.74, 6) is -0.617. The van der Waals surface area contributed by atoms with Crippen LogP contribution in [0.25, 0.3) is 0 Å². The van der Waals surface area contributed by atoms with Crippen LogP contribution in [0.4, 0.5) is 10.1 Å². The van der Waals surface area contributed by atoms with Crippen molar-refractivity contribution in [2.75, 3.05) is 0 Å². The monoisotopic (exact) mass is 198 g/mol. The van der Waals surface area contributed by atoms with Crippen molar-refractivity contribution >= 4 is 5.69 Å². The molecule has 76 valence electrons. The van der Waals surface area contributed by atoms with Gasteiger partial charge in [-0.2, -0.15) is 0 Å². The molecule has 5 heteroatoms. The molecule has 2 N–H and O–H groups in total. The van der Waals surface area contributed by atoms with Crippen LogP contribution >= 0.6 is 0 Å². The summed E-state index contributed by atoms with van der Waals surface area (Å²) < 4.78 is 13.3. The summed E-state index contributed by atoms with van der Waals surface area (Å²) in [4.78, 5) is 9.96. The van der Waals surface area contributed by atoms with Crippen molar-refractivity contribution in [1.82, 2.24) is 0 Å². The fraction of sp³-hybridized carbons (Fsp3) is 0.333. The Morgan fingerprint density at radius 1 is 1.64 bits per heavy atom. The van der Waals surface area contributed by atoms with Crippen molar-refractivity contribution in [2.45, 2.75) is 19.4 Å². The predicted molar refractivity (Wildman–Crippen MR) is 50.3 cm³/mol. The summed E-state index contributed by atoms with van der Waals surface area (Å²) in [6.07, 6.45) is 0.460. The minimum Gasteiger partial charge on any atom is -0.324 e. The van der Waals surface area contributed by atoms with Gasteiger partial charge in [0, 0.05) is 12.1 Å². The summed E-state index contributed by atoms with van der Waals surface area (Å²) in [5, 5.41) is 10.6. The van der Waals surface area contributed by atoms with E-state index in [0.717, 1.165) is 0 Å². The largest absolute Gasteiger partial charge is 0.324 e. The summed E-state index contributed by atoms with van der Waals surface area (Å²) in [7, 11) is 0. The molecule has 0 fully saturated rings. The molecule has 4 nitrogen and oxygen atoms in total. The maximum absolute atomic E-state index is 13.3. The summed E-state index contributed by atoms with van der Waals surface area (Å²) in [5.41, 5.74) is 5.32. The highest BCUT2D eigenvalue weighted by Crippen LogP contribution is 2.27. The van der Waals surface area contributed by atoms with E-state index in [2.05, 4.69) is 0 Å². The lowest BCUT2D eigenvalue weighted by Crippen LogP contribution is -2.13. The molecule has 1 atom stereocenters. The fourth-order valence-corrected chi connectivity index (χ4v) is 1.26. The van der Waals surface area contributed by atoms with Gasteiger partial charge in [0.25, 0.3) is 5.69 Å². The van der Waals surface area contributed by atoms with E-state index in [1.165, 1.54) is 18.2 Å². The molecule has 0 saturated heterocycles. The van der Waals surface area contributed by atoms with Crippen molar-refractivity contribution < 1.29 is 9.31 Å². The van der Waals surface area contributed by atoms with Crippen LogP contribution in [-0.4, -0.2) is 4.92 Å². The molecule has 1 aromatic rings. The van der Waals surface area contributed by atoms with Gasteiger partial charge in [-0.3, -0.25) is 10.1 Å². The Balaban J connectivity index is 3.29. The van der Waals surface area contributed by atoms with Gasteiger partial charge in [-0.05, 0) is 12.5 Å². The molecule has 0 radical (unpaired) electrons. The molecule has 0 spiro atoms. The SMILES string of the molecule is CCC(N)c1c(F)cccc1[N+](=O)[O-]. The molecule has 0 saturated carbocycles. The highest BCUT2D eigenvalue weighted by Gasteiger charge is 2.21. The maximum atomic E-state index is 13.3. The zero-order valence-corrected chi connectivity index (χ0v) is 7.74. The van der Waals surface area contributed by atoms with E-state index in [4.69, 9.17) is 5.73 Å². The van der Waals surface area contributed by atoms with Crippen LogP contribution in [0, 0.1) is 15.9 Å². The third-order valence-electron chi connectivity index (χ3n) is 2.04. The second-order valence-corrected chi connectivity index (χ2v) is 2.94. The van der Waals surface area contributed by atoms with Crippen LogP contribution in [0.3, 0.4) is 0 Å². The van der Waals surface area contributed by atoms with Gasteiger partial charge >= 0.3 is 0 Å². The molecule has 1 aromatic carbocycles. The van der Waals surface area contributed by atoms with E-state index in [0.29, 0.717) is 6.42 Å². The summed E-state index contributed by atoms with van der Waals surface area (Å²) in [6.45, 7) is 1.75. The molecular weight excluding hydrogens is 187 g/mol. The van der Waals surface area contributed by atoms with Gasteiger partial charge in [0.05, 0.1) is 10.5 Å². The van der Waals surface area contributed by atoms with Crippen LogP contribution in [0.15, 0.2) is 18.2 Å². The first-order valence-electron chi connectivity index (χ1n) is 4.26. The third-order valence-corrected chi connectivity index (χ3v) is 2.04. The van der Waals surface area contributed by atoms with Gasteiger partial charge in [0.2, 0.25) is 0 Å². The van der Waals surface area contributed by atoms with Crippen molar-refractivity contribution in [3.63, 3.8) is 0 Å². The first kappa shape index (κ1) is 10.6. The van der Waals surface area contributed by atoms with Crippen LogP contribution in [0.5, 0.6) is 0 Å². The summed E-state index contributed by atoms with van der Waals surface area (Å²) in [6, 6.07) is 3.11. The van der Waals surface area contributed by atoms with Crippen molar-refractivity contribution in [3.8, 4) is 0 Å². The second-order valence-electron chi connectivity index (χ2n) is 2.94. The van der Waals surface area contributed by atoms with Gasteiger partial charge in [0.1, 0.15) is 5.82 Å². The van der Waals surface area contributed by atoms with Gasteiger partial charge in [-0.1, -0.05) is 13.0 Å². The topological polar surface area (TPSA) is 69.2 Å². The smallest absolute Gasteiger partial charge is 0.277 e. The number of benzene rings is 1. The Kier molecular flexibility index (Phi) is 3.14. The molecule has 0 aliphatic rings. The lowest BCUT2D eigenvalue weighted by molar-refractivity contribution is -0.386. The van der Waals surface area contributed by atoms with Gasteiger partial charge < -0.3 is 5.73 Å². The van der Waals surface area contributed by atoms with E-state index in [1.807, 2.05) is 0 Å². The van der Waals surface area contributed by atoms with Gasteiger partial charge in [0.15, 0.2) is 0 Å². The molecule has 0 bridgehead atoms. The second kappa shape index (κ2) is 4.15. The van der Waals surface area contributed by atoms with Gasteiger partial charge in [-0.15, -0.1) is 0 Å². The molecule has 0 heterocycles. The Hall–Kier alpha value is -1.49. The molecule has 0 aliphatic carbocycles. The molecule has 1 rings (SSSR count). The normalized spacial score (nSPS) is 12.5. The van der Waals surface area contributed by atoms with Crippen molar-refractivity contribution in [1.29, 1.82) is 0 Å².